The highest BCUT2D eigenvalue weighted by Gasteiger charge is 2.17. The molecule has 1 aromatic heterocycles. The van der Waals surface area contributed by atoms with Crippen LogP contribution in [0.2, 0.25) is 0 Å². The lowest BCUT2D eigenvalue weighted by atomic mass is 10.2. The van der Waals surface area contributed by atoms with Crippen molar-refractivity contribution in [1.82, 2.24) is 15.0 Å². The van der Waals surface area contributed by atoms with E-state index in [4.69, 9.17) is 5.11 Å². The van der Waals surface area contributed by atoms with E-state index in [1.54, 1.807) is 6.07 Å². The first-order valence-electron chi connectivity index (χ1n) is 5.33. The fourth-order valence-corrected chi connectivity index (χ4v) is 2.84. The predicted octanol–water partition coefficient (Wildman–Crippen LogP) is 2.14. The van der Waals surface area contributed by atoms with Crippen molar-refractivity contribution >= 4 is 49.4 Å². The van der Waals surface area contributed by atoms with Crippen molar-refractivity contribution in [1.29, 1.82) is 0 Å². The summed E-state index contributed by atoms with van der Waals surface area (Å²) < 4.78 is 2.40. The van der Waals surface area contributed by atoms with E-state index in [2.05, 4.69) is 47.5 Å². The van der Waals surface area contributed by atoms with Crippen LogP contribution in [0.1, 0.15) is 10.4 Å². The minimum Gasteiger partial charge on any atom is -0.478 e. The number of halogens is 2. The van der Waals surface area contributed by atoms with Crippen LogP contribution < -0.4 is 5.32 Å². The average molecular weight is 404 g/mol. The number of hydrogen-bond acceptors (Lipinski definition) is 4. The van der Waals surface area contributed by atoms with Gasteiger partial charge in [0.1, 0.15) is 6.54 Å². The van der Waals surface area contributed by atoms with E-state index in [0.29, 0.717) is 8.95 Å². The SMILES string of the molecule is O=C(Cn1ccnn1)Nc1c(Br)cc(Br)cc1C(=O)O. The summed E-state index contributed by atoms with van der Waals surface area (Å²) >= 11 is 6.43. The average Bonchev–Trinajstić information content (AvgIpc) is 2.84. The molecule has 0 saturated heterocycles. The summed E-state index contributed by atoms with van der Waals surface area (Å²) in [5.41, 5.74) is 0.184. The first kappa shape index (κ1) is 14.7. The Balaban J connectivity index is 2.24. The summed E-state index contributed by atoms with van der Waals surface area (Å²) in [5, 5.41) is 19.0. The van der Waals surface area contributed by atoms with Crippen LogP contribution in [0.3, 0.4) is 0 Å². The van der Waals surface area contributed by atoms with E-state index in [0.717, 1.165) is 0 Å². The van der Waals surface area contributed by atoms with Crippen LogP contribution in [0.4, 0.5) is 5.69 Å². The van der Waals surface area contributed by atoms with Crippen LogP contribution in [0.5, 0.6) is 0 Å². The molecule has 7 nitrogen and oxygen atoms in total. The Labute approximate surface area is 130 Å². The molecule has 0 aliphatic rings. The highest BCUT2D eigenvalue weighted by atomic mass is 79.9. The molecule has 0 atom stereocenters. The minimum absolute atomic E-state index is 0.0156. The lowest BCUT2D eigenvalue weighted by Gasteiger charge is -2.11. The number of benzene rings is 1. The van der Waals surface area contributed by atoms with E-state index in [1.165, 1.54) is 23.1 Å². The van der Waals surface area contributed by atoms with Crippen molar-refractivity contribution in [2.24, 2.45) is 0 Å². The zero-order valence-corrected chi connectivity index (χ0v) is 13.0. The van der Waals surface area contributed by atoms with E-state index in [-0.39, 0.29) is 17.8 Å². The molecule has 2 N–H and O–H groups in total. The molecule has 0 aliphatic heterocycles. The number of carboxylic acid groups (broad SMARTS) is 1. The Morgan fingerprint density at radius 1 is 1.35 bits per heavy atom. The van der Waals surface area contributed by atoms with Gasteiger partial charge in [0.05, 0.1) is 17.4 Å². The van der Waals surface area contributed by atoms with Gasteiger partial charge in [0.15, 0.2) is 0 Å². The Morgan fingerprint density at radius 3 is 2.70 bits per heavy atom. The number of carbonyl (C=O) groups is 2. The largest absolute Gasteiger partial charge is 0.478 e. The van der Waals surface area contributed by atoms with Gasteiger partial charge in [0.2, 0.25) is 5.91 Å². The van der Waals surface area contributed by atoms with Crippen molar-refractivity contribution in [3.8, 4) is 0 Å². The molecule has 2 rings (SSSR count). The number of nitrogens with zero attached hydrogens (tertiary/aromatic N) is 3. The maximum absolute atomic E-state index is 11.9. The molecular formula is C11H8Br2N4O3. The molecule has 20 heavy (non-hydrogen) atoms. The van der Waals surface area contributed by atoms with Crippen LogP contribution in [-0.2, 0) is 11.3 Å². The van der Waals surface area contributed by atoms with Crippen LogP contribution >= 0.6 is 31.9 Å². The van der Waals surface area contributed by atoms with Gasteiger partial charge in [0.25, 0.3) is 0 Å². The van der Waals surface area contributed by atoms with Gasteiger partial charge in [-0.1, -0.05) is 21.1 Å². The number of aromatic carboxylic acids is 1. The van der Waals surface area contributed by atoms with Gasteiger partial charge in [-0.2, -0.15) is 0 Å². The molecule has 0 aliphatic carbocycles. The highest BCUT2D eigenvalue weighted by Crippen LogP contribution is 2.30. The van der Waals surface area contributed by atoms with E-state index >= 15 is 0 Å². The van der Waals surface area contributed by atoms with Gasteiger partial charge in [0, 0.05) is 15.1 Å². The van der Waals surface area contributed by atoms with Crippen molar-refractivity contribution in [3.05, 3.63) is 39.0 Å². The van der Waals surface area contributed by atoms with Gasteiger partial charge < -0.3 is 10.4 Å². The smallest absolute Gasteiger partial charge is 0.337 e. The second kappa shape index (κ2) is 6.14. The van der Waals surface area contributed by atoms with Gasteiger partial charge in [-0.3, -0.25) is 4.79 Å². The minimum atomic E-state index is -1.14. The molecule has 0 radical (unpaired) electrons. The molecule has 0 fully saturated rings. The van der Waals surface area contributed by atoms with Gasteiger partial charge in [-0.15, -0.1) is 5.10 Å². The Morgan fingerprint density at radius 2 is 2.10 bits per heavy atom. The summed E-state index contributed by atoms with van der Waals surface area (Å²) in [6.45, 7) is -0.0540. The highest BCUT2D eigenvalue weighted by molar-refractivity contribution is 9.11. The Bertz CT molecular complexity index is 658. The molecular weight excluding hydrogens is 396 g/mol. The zero-order valence-electron chi connectivity index (χ0n) is 9.88. The van der Waals surface area contributed by atoms with Crippen molar-refractivity contribution in [2.45, 2.75) is 6.54 Å². The van der Waals surface area contributed by atoms with Gasteiger partial charge in [-0.05, 0) is 28.1 Å². The number of nitrogens with one attached hydrogen (secondary N) is 1. The summed E-state index contributed by atoms with van der Waals surface area (Å²) in [7, 11) is 0. The molecule has 104 valence electrons. The number of rotatable bonds is 4. The van der Waals surface area contributed by atoms with Crippen LogP contribution in [0.25, 0.3) is 0 Å². The lowest BCUT2D eigenvalue weighted by Crippen LogP contribution is -2.21. The van der Waals surface area contributed by atoms with Gasteiger partial charge in [-0.25, -0.2) is 9.48 Å². The quantitative estimate of drug-likeness (QED) is 0.814. The Kier molecular flexibility index (Phi) is 4.50. The number of anilines is 1. The second-order valence-electron chi connectivity index (χ2n) is 3.76. The number of carbonyl (C=O) groups excluding carboxylic acids is 1. The predicted molar refractivity (Wildman–Crippen MR) is 77.5 cm³/mol. The fourth-order valence-electron chi connectivity index (χ4n) is 1.51. The maximum atomic E-state index is 11.9. The molecule has 2 aromatic rings. The normalized spacial score (nSPS) is 10.3. The molecule has 0 saturated carbocycles. The van der Waals surface area contributed by atoms with E-state index < -0.39 is 11.9 Å². The lowest BCUT2D eigenvalue weighted by molar-refractivity contribution is -0.116. The monoisotopic (exact) mass is 402 g/mol. The van der Waals surface area contributed by atoms with Crippen LogP contribution in [0.15, 0.2) is 33.5 Å². The van der Waals surface area contributed by atoms with Crippen LogP contribution in [-0.4, -0.2) is 32.0 Å². The van der Waals surface area contributed by atoms with Crippen molar-refractivity contribution < 1.29 is 14.7 Å². The third-order valence-electron chi connectivity index (χ3n) is 2.33. The summed E-state index contributed by atoms with van der Waals surface area (Å²) in [4.78, 5) is 23.1. The fraction of sp³-hybridized carbons (Fsp3) is 0.0909. The maximum Gasteiger partial charge on any atom is 0.337 e. The molecule has 0 unspecified atom stereocenters. The number of carboxylic acids is 1. The van der Waals surface area contributed by atoms with E-state index in [9.17, 15) is 9.59 Å². The molecule has 1 aromatic carbocycles. The second-order valence-corrected chi connectivity index (χ2v) is 5.53. The third-order valence-corrected chi connectivity index (χ3v) is 3.41. The molecule has 0 bridgehead atoms. The van der Waals surface area contributed by atoms with Gasteiger partial charge >= 0.3 is 5.97 Å². The molecule has 1 heterocycles. The molecule has 0 spiro atoms. The first-order chi connectivity index (χ1) is 9.47. The number of hydrogen-bond donors (Lipinski definition) is 2. The molecule has 9 heteroatoms. The Hall–Kier alpha value is -1.74. The van der Waals surface area contributed by atoms with Crippen molar-refractivity contribution in [3.63, 3.8) is 0 Å². The van der Waals surface area contributed by atoms with Crippen molar-refractivity contribution in [2.75, 3.05) is 5.32 Å². The number of aromatic nitrogens is 3. The molecule has 1 amide bonds. The third kappa shape index (κ3) is 3.42. The zero-order chi connectivity index (χ0) is 14.7. The summed E-state index contributed by atoms with van der Waals surface area (Å²) in [6.07, 6.45) is 2.99. The topological polar surface area (TPSA) is 97.1 Å². The summed E-state index contributed by atoms with van der Waals surface area (Å²) in [6, 6.07) is 3.07. The standard InChI is InChI=1S/C11H8Br2N4O3/c12-6-3-7(11(19)20)10(8(13)4-6)15-9(18)5-17-2-1-14-16-17/h1-4H,5H2,(H,15,18)(H,19,20). The van der Waals surface area contributed by atoms with E-state index in [1.807, 2.05) is 0 Å². The first-order valence-corrected chi connectivity index (χ1v) is 6.92. The van der Waals surface area contributed by atoms with Crippen LogP contribution in [0, 0.1) is 0 Å². The number of amides is 1. The summed E-state index contributed by atoms with van der Waals surface area (Å²) in [5.74, 6) is -1.54.